The molecule has 14 heavy (non-hydrogen) atoms. The smallest absolute Gasteiger partial charge is 0.153 e. The molecular formula is C12H16N2. The van der Waals surface area contributed by atoms with Crippen LogP contribution in [0.15, 0.2) is 34.3 Å². The second-order valence-corrected chi connectivity index (χ2v) is 4.98. The van der Waals surface area contributed by atoms with Crippen LogP contribution in [0.4, 0.5) is 0 Å². The normalized spacial score (nSPS) is 18.3. The fourth-order valence-electron chi connectivity index (χ4n) is 1.48. The van der Waals surface area contributed by atoms with E-state index in [1.54, 1.807) is 0 Å². The number of hydrogen-bond donors (Lipinski definition) is 0. The van der Waals surface area contributed by atoms with Crippen molar-refractivity contribution < 1.29 is 0 Å². The van der Waals surface area contributed by atoms with Crippen molar-refractivity contribution >= 4 is 0 Å². The van der Waals surface area contributed by atoms with E-state index in [9.17, 15) is 0 Å². The SMILES string of the molecule is CC(C)(C)C1(C)N=c2ccccc2=N1. The van der Waals surface area contributed by atoms with Gasteiger partial charge in [0.05, 0.1) is 10.7 Å². The Hall–Kier alpha value is -1.18. The first-order valence-electron chi connectivity index (χ1n) is 4.97. The van der Waals surface area contributed by atoms with Gasteiger partial charge in [0.25, 0.3) is 0 Å². The molecule has 2 rings (SSSR count). The quantitative estimate of drug-likeness (QED) is 0.592. The van der Waals surface area contributed by atoms with Gasteiger partial charge < -0.3 is 0 Å². The van der Waals surface area contributed by atoms with Gasteiger partial charge in [-0.2, -0.15) is 0 Å². The van der Waals surface area contributed by atoms with Crippen LogP contribution in [0.5, 0.6) is 0 Å². The van der Waals surface area contributed by atoms with Crippen LogP contribution in [-0.4, -0.2) is 5.66 Å². The highest BCUT2D eigenvalue weighted by Gasteiger charge is 2.38. The molecule has 0 aliphatic carbocycles. The Morgan fingerprint density at radius 1 is 1.00 bits per heavy atom. The van der Waals surface area contributed by atoms with Crippen molar-refractivity contribution in [1.82, 2.24) is 0 Å². The third kappa shape index (κ3) is 1.26. The van der Waals surface area contributed by atoms with Gasteiger partial charge >= 0.3 is 0 Å². The molecule has 0 saturated heterocycles. The highest BCUT2D eigenvalue weighted by atomic mass is 15.1. The molecule has 1 aliphatic rings. The van der Waals surface area contributed by atoms with E-state index in [1.165, 1.54) is 0 Å². The van der Waals surface area contributed by atoms with E-state index in [0.717, 1.165) is 10.7 Å². The molecule has 1 heterocycles. The van der Waals surface area contributed by atoms with Gasteiger partial charge in [-0.15, -0.1) is 0 Å². The van der Waals surface area contributed by atoms with Crippen LogP contribution in [0.3, 0.4) is 0 Å². The van der Waals surface area contributed by atoms with Crippen LogP contribution in [0.2, 0.25) is 0 Å². The Morgan fingerprint density at radius 3 is 1.79 bits per heavy atom. The van der Waals surface area contributed by atoms with Crippen LogP contribution in [-0.2, 0) is 0 Å². The van der Waals surface area contributed by atoms with Crippen LogP contribution < -0.4 is 10.7 Å². The number of hydrogen-bond acceptors (Lipinski definition) is 2. The molecule has 2 nitrogen and oxygen atoms in total. The van der Waals surface area contributed by atoms with Gasteiger partial charge in [0.15, 0.2) is 5.66 Å². The zero-order valence-electron chi connectivity index (χ0n) is 9.20. The number of rotatable bonds is 0. The minimum absolute atomic E-state index is 0.0615. The van der Waals surface area contributed by atoms with E-state index in [-0.39, 0.29) is 11.1 Å². The third-order valence-corrected chi connectivity index (χ3v) is 2.98. The molecule has 0 radical (unpaired) electrons. The third-order valence-electron chi connectivity index (χ3n) is 2.98. The number of para-hydroxylation sites is 2. The summed E-state index contributed by atoms with van der Waals surface area (Å²) < 4.78 is 0. The molecule has 0 unspecified atom stereocenters. The lowest BCUT2D eigenvalue weighted by molar-refractivity contribution is 0.219. The van der Waals surface area contributed by atoms with Crippen molar-refractivity contribution in [3.63, 3.8) is 0 Å². The zero-order chi connectivity index (χ0) is 10.4. The molecule has 0 amide bonds. The lowest BCUT2D eigenvalue weighted by atomic mass is 9.83. The number of benzene rings is 1. The van der Waals surface area contributed by atoms with Crippen LogP contribution >= 0.6 is 0 Å². The summed E-state index contributed by atoms with van der Waals surface area (Å²) in [7, 11) is 0. The summed E-state index contributed by atoms with van der Waals surface area (Å²) in [6, 6.07) is 8.06. The van der Waals surface area contributed by atoms with Crippen molar-refractivity contribution in [1.29, 1.82) is 0 Å². The van der Waals surface area contributed by atoms with Crippen molar-refractivity contribution in [2.24, 2.45) is 15.4 Å². The number of nitrogens with zero attached hydrogens (tertiary/aromatic N) is 2. The molecule has 74 valence electrons. The maximum absolute atomic E-state index is 4.69. The van der Waals surface area contributed by atoms with Gasteiger partial charge in [0, 0.05) is 5.41 Å². The molecule has 0 saturated carbocycles. The summed E-state index contributed by atoms with van der Waals surface area (Å²) in [5.74, 6) is 0. The monoisotopic (exact) mass is 188 g/mol. The Kier molecular flexibility index (Phi) is 1.78. The minimum Gasteiger partial charge on any atom is -0.253 e. The largest absolute Gasteiger partial charge is 0.253 e. The molecule has 0 spiro atoms. The lowest BCUT2D eigenvalue weighted by Gasteiger charge is -2.32. The average molecular weight is 188 g/mol. The molecule has 2 heteroatoms. The van der Waals surface area contributed by atoms with Gasteiger partial charge in [0.1, 0.15) is 0 Å². The minimum atomic E-state index is -0.309. The van der Waals surface area contributed by atoms with Crippen LogP contribution in [0, 0.1) is 5.41 Å². The lowest BCUT2D eigenvalue weighted by Crippen LogP contribution is -2.35. The number of fused-ring (bicyclic) bond motifs is 1. The first kappa shape index (κ1) is 9.38. The molecule has 0 fully saturated rings. The first-order valence-corrected chi connectivity index (χ1v) is 4.97. The molecule has 1 aromatic carbocycles. The van der Waals surface area contributed by atoms with Crippen molar-refractivity contribution in [2.75, 3.05) is 0 Å². The van der Waals surface area contributed by atoms with Crippen molar-refractivity contribution in [3.05, 3.63) is 35.0 Å². The summed E-state index contributed by atoms with van der Waals surface area (Å²) in [6.07, 6.45) is 0. The highest BCUT2D eigenvalue weighted by Crippen LogP contribution is 2.34. The molecule has 1 aromatic rings. The molecule has 0 aromatic heterocycles. The van der Waals surface area contributed by atoms with Gasteiger partial charge in [-0.05, 0) is 19.1 Å². The van der Waals surface area contributed by atoms with E-state index >= 15 is 0 Å². The fraction of sp³-hybridized carbons (Fsp3) is 0.500. The van der Waals surface area contributed by atoms with Crippen LogP contribution in [0.1, 0.15) is 27.7 Å². The van der Waals surface area contributed by atoms with Gasteiger partial charge in [-0.3, -0.25) is 9.98 Å². The summed E-state index contributed by atoms with van der Waals surface area (Å²) in [5, 5.41) is 2.04. The van der Waals surface area contributed by atoms with Crippen LogP contribution in [0.25, 0.3) is 0 Å². The molecule has 0 N–H and O–H groups in total. The molecule has 0 atom stereocenters. The first-order chi connectivity index (χ1) is 6.42. The van der Waals surface area contributed by atoms with E-state index < -0.39 is 0 Å². The van der Waals surface area contributed by atoms with Crippen molar-refractivity contribution in [2.45, 2.75) is 33.4 Å². The summed E-state index contributed by atoms with van der Waals surface area (Å²) in [4.78, 5) is 9.38. The standard InChI is InChI=1S/C12H16N2/c1-11(2,3)12(4)13-9-7-5-6-8-10(9)14-12/h5-8H,1-4H3. The summed E-state index contributed by atoms with van der Waals surface area (Å²) in [6.45, 7) is 8.61. The Morgan fingerprint density at radius 2 is 1.43 bits per heavy atom. The predicted molar refractivity (Wildman–Crippen MR) is 56.6 cm³/mol. The second kappa shape index (κ2) is 2.66. The second-order valence-electron chi connectivity index (χ2n) is 4.98. The van der Waals surface area contributed by atoms with Crippen molar-refractivity contribution in [3.8, 4) is 0 Å². The molecule has 0 bridgehead atoms. The van der Waals surface area contributed by atoms with Gasteiger partial charge in [-0.25, -0.2) is 0 Å². The average Bonchev–Trinajstić information content (AvgIpc) is 2.40. The maximum Gasteiger partial charge on any atom is 0.153 e. The topological polar surface area (TPSA) is 24.7 Å². The summed E-state index contributed by atoms with van der Waals surface area (Å²) >= 11 is 0. The van der Waals surface area contributed by atoms with Gasteiger partial charge in [-0.1, -0.05) is 32.9 Å². The van der Waals surface area contributed by atoms with E-state index in [2.05, 4.69) is 37.7 Å². The van der Waals surface area contributed by atoms with E-state index in [4.69, 9.17) is 0 Å². The highest BCUT2D eigenvalue weighted by molar-refractivity contribution is 5.09. The molecule has 1 aliphatic heterocycles. The zero-order valence-corrected chi connectivity index (χ0v) is 9.20. The maximum atomic E-state index is 4.69. The Balaban J connectivity index is 2.65. The van der Waals surface area contributed by atoms with E-state index in [0.29, 0.717) is 0 Å². The Labute approximate surface area is 84.4 Å². The summed E-state index contributed by atoms with van der Waals surface area (Å²) in [5.41, 5.74) is -0.247. The molecular weight excluding hydrogens is 172 g/mol. The van der Waals surface area contributed by atoms with E-state index in [1.807, 2.05) is 24.3 Å². The van der Waals surface area contributed by atoms with Gasteiger partial charge in [0.2, 0.25) is 0 Å². The fourth-order valence-corrected chi connectivity index (χ4v) is 1.48. The predicted octanol–water partition coefficient (Wildman–Crippen LogP) is 1.70. The Bertz CT molecular complexity index is 431.